The first-order valence-electron chi connectivity index (χ1n) is 5.34. The summed E-state index contributed by atoms with van der Waals surface area (Å²) in [5.41, 5.74) is 0. The number of likely N-dealkylation sites (tertiary alicyclic amines) is 1. The number of rotatable bonds is 5. The Kier molecular flexibility index (Phi) is 4.28. The van der Waals surface area contributed by atoms with E-state index in [1.54, 1.807) is 6.92 Å². The van der Waals surface area contributed by atoms with E-state index in [9.17, 15) is 14.4 Å². The highest BCUT2D eigenvalue weighted by molar-refractivity contribution is 5.88. The van der Waals surface area contributed by atoms with Crippen LogP contribution >= 0.6 is 0 Å². The van der Waals surface area contributed by atoms with Crippen LogP contribution in [0.25, 0.3) is 0 Å². The standard InChI is InChI=1S/C10H16N2O4/c1-2-7(10(15)16)11-8(13)6-12-5-3-4-9(12)14/h7H,2-6H2,1H3,(H,11,13)(H,15,16). The summed E-state index contributed by atoms with van der Waals surface area (Å²) < 4.78 is 0. The molecule has 0 bridgehead atoms. The molecule has 0 aromatic heterocycles. The van der Waals surface area contributed by atoms with Gasteiger partial charge in [-0.2, -0.15) is 0 Å². The van der Waals surface area contributed by atoms with E-state index >= 15 is 0 Å². The summed E-state index contributed by atoms with van der Waals surface area (Å²) >= 11 is 0. The molecular formula is C10H16N2O4. The predicted octanol–water partition coefficient (Wildman–Crippen LogP) is -0.412. The molecule has 6 heteroatoms. The molecule has 90 valence electrons. The minimum absolute atomic E-state index is 0.0391. The summed E-state index contributed by atoms with van der Waals surface area (Å²) in [6.07, 6.45) is 1.57. The van der Waals surface area contributed by atoms with Gasteiger partial charge in [-0.1, -0.05) is 6.92 Å². The Morgan fingerprint density at radius 1 is 1.56 bits per heavy atom. The van der Waals surface area contributed by atoms with Gasteiger partial charge in [0.25, 0.3) is 0 Å². The Labute approximate surface area is 93.6 Å². The summed E-state index contributed by atoms with van der Waals surface area (Å²) in [4.78, 5) is 34.8. The van der Waals surface area contributed by atoms with Crippen molar-refractivity contribution in [1.82, 2.24) is 10.2 Å². The summed E-state index contributed by atoms with van der Waals surface area (Å²) in [5, 5.41) is 11.1. The van der Waals surface area contributed by atoms with Crippen molar-refractivity contribution in [3.05, 3.63) is 0 Å². The molecule has 0 aliphatic carbocycles. The van der Waals surface area contributed by atoms with E-state index in [4.69, 9.17) is 5.11 Å². The Morgan fingerprint density at radius 2 is 2.25 bits per heavy atom. The van der Waals surface area contributed by atoms with Gasteiger partial charge in [0.1, 0.15) is 6.04 Å². The van der Waals surface area contributed by atoms with Crippen LogP contribution < -0.4 is 5.32 Å². The third kappa shape index (κ3) is 3.22. The van der Waals surface area contributed by atoms with Crippen LogP contribution in [0.15, 0.2) is 0 Å². The molecule has 0 spiro atoms. The minimum atomic E-state index is -1.05. The monoisotopic (exact) mass is 228 g/mol. The van der Waals surface area contributed by atoms with E-state index in [2.05, 4.69) is 5.32 Å². The number of hydrogen-bond acceptors (Lipinski definition) is 3. The molecule has 2 amide bonds. The minimum Gasteiger partial charge on any atom is -0.480 e. The van der Waals surface area contributed by atoms with E-state index < -0.39 is 17.9 Å². The van der Waals surface area contributed by atoms with Crippen molar-refractivity contribution < 1.29 is 19.5 Å². The van der Waals surface area contributed by atoms with Gasteiger partial charge in [-0.3, -0.25) is 9.59 Å². The molecule has 16 heavy (non-hydrogen) atoms. The van der Waals surface area contributed by atoms with E-state index in [1.165, 1.54) is 4.90 Å². The summed E-state index contributed by atoms with van der Waals surface area (Å²) in [6.45, 7) is 2.22. The van der Waals surface area contributed by atoms with Crippen LogP contribution in [0.4, 0.5) is 0 Å². The lowest BCUT2D eigenvalue weighted by atomic mass is 10.2. The first-order valence-corrected chi connectivity index (χ1v) is 5.34. The second kappa shape index (κ2) is 5.48. The maximum Gasteiger partial charge on any atom is 0.326 e. The number of carbonyl (C=O) groups is 3. The normalized spacial score (nSPS) is 17.3. The fourth-order valence-electron chi connectivity index (χ4n) is 1.62. The fourth-order valence-corrected chi connectivity index (χ4v) is 1.62. The van der Waals surface area contributed by atoms with E-state index in [1.807, 2.05) is 0 Å². The van der Waals surface area contributed by atoms with Crippen molar-refractivity contribution in [2.24, 2.45) is 0 Å². The average Bonchev–Trinajstić information content (AvgIpc) is 2.60. The molecule has 1 saturated heterocycles. The van der Waals surface area contributed by atoms with E-state index in [0.717, 1.165) is 6.42 Å². The molecule has 0 radical (unpaired) electrons. The van der Waals surface area contributed by atoms with Crippen molar-refractivity contribution in [3.8, 4) is 0 Å². The van der Waals surface area contributed by atoms with Crippen molar-refractivity contribution in [1.29, 1.82) is 0 Å². The van der Waals surface area contributed by atoms with Gasteiger partial charge in [-0.15, -0.1) is 0 Å². The van der Waals surface area contributed by atoms with Crippen LogP contribution in [0.3, 0.4) is 0 Å². The molecule has 0 aromatic rings. The number of amides is 2. The number of carboxylic acid groups (broad SMARTS) is 1. The summed E-state index contributed by atoms with van der Waals surface area (Å²) in [6, 6.07) is -0.870. The molecule has 1 aliphatic rings. The molecule has 1 atom stereocenters. The predicted molar refractivity (Wildman–Crippen MR) is 55.7 cm³/mol. The lowest BCUT2D eigenvalue weighted by Crippen LogP contribution is -2.45. The lowest BCUT2D eigenvalue weighted by molar-refractivity contribution is -0.142. The number of carbonyl (C=O) groups excluding carboxylic acids is 2. The zero-order valence-corrected chi connectivity index (χ0v) is 9.23. The van der Waals surface area contributed by atoms with Gasteiger partial charge in [0.05, 0.1) is 6.54 Å². The molecule has 0 aromatic carbocycles. The smallest absolute Gasteiger partial charge is 0.326 e. The molecular weight excluding hydrogens is 212 g/mol. The fraction of sp³-hybridized carbons (Fsp3) is 0.700. The molecule has 1 heterocycles. The number of aliphatic carboxylic acids is 1. The van der Waals surface area contributed by atoms with Crippen LogP contribution in [0.5, 0.6) is 0 Å². The third-order valence-corrected chi connectivity index (χ3v) is 2.55. The van der Waals surface area contributed by atoms with Crippen LogP contribution in [0.2, 0.25) is 0 Å². The van der Waals surface area contributed by atoms with Crippen LogP contribution in [-0.2, 0) is 14.4 Å². The second-order valence-corrected chi connectivity index (χ2v) is 3.79. The molecule has 6 nitrogen and oxygen atoms in total. The number of carboxylic acids is 1. The van der Waals surface area contributed by atoms with Gasteiger partial charge in [-0.05, 0) is 12.8 Å². The Morgan fingerprint density at radius 3 is 2.69 bits per heavy atom. The number of nitrogens with zero attached hydrogens (tertiary/aromatic N) is 1. The van der Waals surface area contributed by atoms with Crippen LogP contribution in [0.1, 0.15) is 26.2 Å². The Balaban J connectivity index is 2.40. The van der Waals surface area contributed by atoms with Crippen molar-refractivity contribution in [2.45, 2.75) is 32.2 Å². The molecule has 1 fully saturated rings. The zero-order valence-electron chi connectivity index (χ0n) is 9.23. The van der Waals surface area contributed by atoms with Crippen LogP contribution in [0, 0.1) is 0 Å². The van der Waals surface area contributed by atoms with Gasteiger partial charge in [0.15, 0.2) is 0 Å². The molecule has 0 saturated carbocycles. The Hall–Kier alpha value is -1.59. The topological polar surface area (TPSA) is 86.7 Å². The van der Waals surface area contributed by atoms with Crippen molar-refractivity contribution >= 4 is 17.8 Å². The molecule has 1 rings (SSSR count). The van der Waals surface area contributed by atoms with Gasteiger partial charge in [0.2, 0.25) is 11.8 Å². The van der Waals surface area contributed by atoms with Gasteiger partial charge in [0, 0.05) is 13.0 Å². The number of hydrogen-bond donors (Lipinski definition) is 2. The Bertz CT molecular complexity index is 297. The average molecular weight is 228 g/mol. The number of nitrogens with one attached hydrogen (secondary N) is 1. The lowest BCUT2D eigenvalue weighted by Gasteiger charge is -2.17. The first-order chi connectivity index (χ1) is 7.54. The highest BCUT2D eigenvalue weighted by atomic mass is 16.4. The highest BCUT2D eigenvalue weighted by Crippen LogP contribution is 2.08. The van der Waals surface area contributed by atoms with Gasteiger partial charge >= 0.3 is 5.97 Å². The molecule has 2 N–H and O–H groups in total. The summed E-state index contributed by atoms with van der Waals surface area (Å²) in [7, 11) is 0. The van der Waals surface area contributed by atoms with E-state index in [-0.39, 0.29) is 12.5 Å². The van der Waals surface area contributed by atoms with Gasteiger partial charge in [-0.25, -0.2) is 4.79 Å². The third-order valence-electron chi connectivity index (χ3n) is 2.55. The molecule has 1 aliphatic heterocycles. The van der Waals surface area contributed by atoms with Gasteiger partial charge < -0.3 is 15.3 Å². The SMILES string of the molecule is CCC(NC(=O)CN1CCCC1=O)C(=O)O. The van der Waals surface area contributed by atoms with E-state index in [0.29, 0.717) is 19.4 Å². The zero-order chi connectivity index (χ0) is 12.1. The molecule has 1 unspecified atom stereocenters. The van der Waals surface area contributed by atoms with Crippen molar-refractivity contribution in [2.75, 3.05) is 13.1 Å². The largest absolute Gasteiger partial charge is 0.480 e. The second-order valence-electron chi connectivity index (χ2n) is 3.79. The maximum atomic E-state index is 11.4. The maximum absolute atomic E-state index is 11.4. The first kappa shape index (κ1) is 12.5. The summed E-state index contributed by atoms with van der Waals surface area (Å²) in [5.74, 6) is -1.51. The van der Waals surface area contributed by atoms with Crippen LogP contribution in [-0.4, -0.2) is 46.9 Å². The quantitative estimate of drug-likeness (QED) is 0.669. The van der Waals surface area contributed by atoms with Crippen molar-refractivity contribution in [3.63, 3.8) is 0 Å². The highest BCUT2D eigenvalue weighted by Gasteiger charge is 2.24.